The average Bonchev–Trinajstić information content (AvgIpc) is 2.95. The summed E-state index contributed by atoms with van der Waals surface area (Å²) in [5.41, 5.74) is 0. The summed E-state index contributed by atoms with van der Waals surface area (Å²) < 4.78 is 30.3. The summed E-state index contributed by atoms with van der Waals surface area (Å²) in [6.07, 6.45) is 3.80. The number of nitrogens with one attached hydrogen (secondary N) is 2. The van der Waals surface area contributed by atoms with Gasteiger partial charge in [0.2, 0.25) is 15.9 Å². The van der Waals surface area contributed by atoms with Crippen LogP contribution in [0.1, 0.15) is 6.42 Å². The second-order valence-corrected chi connectivity index (χ2v) is 7.12. The highest BCUT2D eigenvalue weighted by atomic mass is 32.2. The third-order valence-corrected chi connectivity index (χ3v) is 4.08. The molecule has 0 aromatic carbocycles. The van der Waals surface area contributed by atoms with Crippen molar-refractivity contribution >= 4 is 16.0 Å². The highest BCUT2D eigenvalue weighted by Gasteiger charge is 2.26. The highest BCUT2D eigenvalue weighted by molar-refractivity contribution is 7.88. The topological polar surface area (TPSA) is 95.9 Å². The first-order valence-corrected chi connectivity index (χ1v) is 9.35. The molecule has 1 aliphatic rings. The van der Waals surface area contributed by atoms with Crippen molar-refractivity contribution in [2.45, 2.75) is 12.5 Å². The Morgan fingerprint density at radius 1 is 1.48 bits per heavy atom. The van der Waals surface area contributed by atoms with Crippen molar-refractivity contribution in [1.29, 1.82) is 0 Å². The van der Waals surface area contributed by atoms with Gasteiger partial charge in [-0.25, -0.2) is 18.1 Å². The largest absolute Gasteiger partial charge is 0.472 e. The number of likely N-dealkylation sites (tertiary alicyclic amines) is 1. The number of aliphatic imine (C=N–C) groups is 1. The van der Waals surface area contributed by atoms with Crippen LogP contribution in [0.15, 0.2) is 29.4 Å². The molecule has 1 saturated heterocycles. The molecule has 2 rings (SSSR count). The molecule has 9 heteroatoms. The van der Waals surface area contributed by atoms with Gasteiger partial charge in [-0.3, -0.25) is 4.99 Å². The van der Waals surface area contributed by atoms with Crippen LogP contribution in [0.3, 0.4) is 0 Å². The molecule has 2 heterocycles. The maximum Gasteiger partial charge on any atom is 0.213 e. The van der Waals surface area contributed by atoms with Gasteiger partial charge in [0, 0.05) is 45.4 Å². The van der Waals surface area contributed by atoms with Gasteiger partial charge in [0.1, 0.15) is 6.10 Å². The standard InChI is InChI=1S/C14H23N5O3S/c1-15-14(17-8-9-18-23(2,20)21)19-10-6-12(11-19)22-13-5-3-4-7-16-13/h3-5,7,12,18H,6,8-11H2,1-2H3,(H,15,17). The fourth-order valence-electron chi connectivity index (χ4n) is 2.35. The lowest BCUT2D eigenvalue weighted by Gasteiger charge is -2.21. The molecule has 1 aromatic rings. The van der Waals surface area contributed by atoms with Crippen molar-refractivity contribution in [3.05, 3.63) is 24.4 Å². The summed E-state index contributed by atoms with van der Waals surface area (Å²) in [6, 6.07) is 5.58. The molecule has 0 amide bonds. The normalized spacial score (nSPS) is 19.0. The van der Waals surface area contributed by atoms with Gasteiger partial charge in [0.25, 0.3) is 0 Å². The Bertz CT molecular complexity index is 621. The maximum absolute atomic E-state index is 11.0. The zero-order valence-corrected chi connectivity index (χ0v) is 14.2. The summed E-state index contributed by atoms with van der Waals surface area (Å²) in [7, 11) is -1.45. The predicted molar refractivity (Wildman–Crippen MR) is 89.1 cm³/mol. The molecule has 23 heavy (non-hydrogen) atoms. The molecule has 0 radical (unpaired) electrons. The van der Waals surface area contributed by atoms with Crippen molar-refractivity contribution in [3.63, 3.8) is 0 Å². The van der Waals surface area contributed by atoms with Crippen LogP contribution in [0.5, 0.6) is 5.88 Å². The van der Waals surface area contributed by atoms with E-state index in [2.05, 4.69) is 24.9 Å². The van der Waals surface area contributed by atoms with Crippen LogP contribution in [-0.2, 0) is 10.0 Å². The van der Waals surface area contributed by atoms with Gasteiger partial charge in [-0.05, 0) is 6.07 Å². The minimum atomic E-state index is -3.16. The average molecular weight is 341 g/mol. The van der Waals surface area contributed by atoms with Crippen LogP contribution < -0.4 is 14.8 Å². The molecule has 128 valence electrons. The fraction of sp³-hybridized carbons (Fsp3) is 0.571. The minimum Gasteiger partial charge on any atom is -0.472 e. The number of rotatable bonds is 6. The quantitative estimate of drug-likeness (QED) is 0.417. The lowest BCUT2D eigenvalue weighted by atomic mass is 10.3. The van der Waals surface area contributed by atoms with Crippen molar-refractivity contribution in [3.8, 4) is 5.88 Å². The minimum absolute atomic E-state index is 0.0672. The molecule has 1 aromatic heterocycles. The summed E-state index contributed by atoms with van der Waals surface area (Å²) in [4.78, 5) is 10.5. The Labute approximate surface area is 137 Å². The van der Waals surface area contributed by atoms with Crippen molar-refractivity contribution in [2.75, 3.05) is 39.5 Å². The number of nitrogens with zero attached hydrogens (tertiary/aromatic N) is 3. The first-order chi connectivity index (χ1) is 11.0. The smallest absolute Gasteiger partial charge is 0.213 e. The number of sulfonamides is 1. The lowest BCUT2D eigenvalue weighted by molar-refractivity contribution is 0.205. The Morgan fingerprint density at radius 3 is 2.96 bits per heavy atom. The monoisotopic (exact) mass is 341 g/mol. The first kappa shape index (κ1) is 17.5. The van der Waals surface area contributed by atoms with E-state index >= 15 is 0 Å². The predicted octanol–water partition coefficient (Wildman–Crippen LogP) is -0.341. The van der Waals surface area contributed by atoms with Crippen molar-refractivity contribution in [1.82, 2.24) is 19.9 Å². The van der Waals surface area contributed by atoms with E-state index in [1.807, 2.05) is 18.2 Å². The summed E-state index contributed by atoms with van der Waals surface area (Å²) in [5, 5.41) is 3.15. The van der Waals surface area contributed by atoms with E-state index in [4.69, 9.17) is 4.74 Å². The number of hydrogen-bond acceptors (Lipinski definition) is 5. The Hall–Kier alpha value is -1.87. The van der Waals surface area contributed by atoms with Crippen LogP contribution in [0.4, 0.5) is 0 Å². The zero-order chi connectivity index (χ0) is 16.7. The Morgan fingerprint density at radius 2 is 2.30 bits per heavy atom. The van der Waals surface area contributed by atoms with Crippen LogP contribution in [-0.4, -0.2) is 69.8 Å². The number of guanidine groups is 1. The van der Waals surface area contributed by atoms with Crippen LogP contribution in [0, 0.1) is 0 Å². The molecule has 1 atom stereocenters. The van der Waals surface area contributed by atoms with Gasteiger partial charge in [0.15, 0.2) is 5.96 Å². The molecule has 1 fully saturated rings. The summed E-state index contributed by atoms with van der Waals surface area (Å²) >= 11 is 0. The second-order valence-electron chi connectivity index (χ2n) is 5.28. The highest BCUT2D eigenvalue weighted by Crippen LogP contribution is 2.16. The van der Waals surface area contributed by atoms with Crippen molar-refractivity contribution < 1.29 is 13.2 Å². The summed E-state index contributed by atoms with van der Waals surface area (Å²) in [5.74, 6) is 1.37. The number of hydrogen-bond donors (Lipinski definition) is 2. The van der Waals surface area contributed by atoms with Gasteiger partial charge < -0.3 is 15.0 Å². The van der Waals surface area contributed by atoms with E-state index in [1.54, 1.807) is 13.2 Å². The van der Waals surface area contributed by atoms with Crippen LogP contribution in [0.25, 0.3) is 0 Å². The SMILES string of the molecule is CN=C(NCCNS(C)(=O)=O)N1CCC(Oc2ccccn2)C1. The first-order valence-electron chi connectivity index (χ1n) is 7.46. The molecule has 8 nitrogen and oxygen atoms in total. The molecule has 1 aliphatic heterocycles. The molecule has 0 aliphatic carbocycles. The number of aromatic nitrogens is 1. The third kappa shape index (κ3) is 6.03. The van der Waals surface area contributed by atoms with Crippen LogP contribution >= 0.6 is 0 Å². The third-order valence-electron chi connectivity index (χ3n) is 3.35. The molecule has 0 spiro atoms. The van der Waals surface area contributed by atoms with Gasteiger partial charge in [-0.2, -0.15) is 0 Å². The number of ether oxygens (including phenoxy) is 1. The molecular weight excluding hydrogens is 318 g/mol. The van der Waals surface area contributed by atoms with Crippen LogP contribution in [0.2, 0.25) is 0 Å². The molecule has 1 unspecified atom stereocenters. The molecular formula is C14H23N5O3S. The van der Waals surface area contributed by atoms with Gasteiger partial charge in [-0.15, -0.1) is 0 Å². The Balaban J connectivity index is 1.77. The van der Waals surface area contributed by atoms with Gasteiger partial charge in [0.05, 0.1) is 12.8 Å². The maximum atomic E-state index is 11.0. The van der Waals surface area contributed by atoms with E-state index in [-0.39, 0.29) is 6.10 Å². The van der Waals surface area contributed by atoms with E-state index in [0.717, 1.165) is 31.7 Å². The van der Waals surface area contributed by atoms with Gasteiger partial charge >= 0.3 is 0 Å². The van der Waals surface area contributed by atoms with E-state index < -0.39 is 10.0 Å². The van der Waals surface area contributed by atoms with E-state index in [9.17, 15) is 8.42 Å². The second kappa shape index (κ2) is 8.11. The lowest BCUT2D eigenvalue weighted by Crippen LogP contribution is -2.43. The Kier molecular flexibility index (Phi) is 6.17. The van der Waals surface area contributed by atoms with E-state index in [1.165, 1.54) is 0 Å². The van der Waals surface area contributed by atoms with E-state index in [0.29, 0.717) is 19.0 Å². The molecule has 0 bridgehead atoms. The number of pyridine rings is 1. The zero-order valence-electron chi connectivity index (χ0n) is 13.4. The van der Waals surface area contributed by atoms with Gasteiger partial charge in [-0.1, -0.05) is 6.07 Å². The summed E-state index contributed by atoms with van der Waals surface area (Å²) in [6.45, 7) is 2.34. The fourth-order valence-corrected chi connectivity index (χ4v) is 2.82. The molecule has 0 saturated carbocycles. The molecule has 2 N–H and O–H groups in total. The van der Waals surface area contributed by atoms with Crippen molar-refractivity contribution in [2.24, 2.45) is 4.99 Å².